The second-order valence-corrected chi connectivity index (χ2v) is 4.74. The first-order valence-electron chi connectivity index (χ1n) is 6.90. The molecular formula is C15H18F3N3. The fourth-order valence-electron chi connectivity index (χ4n) is 2.06. The summed E-state index contributed by atoms with van der Waals surface area (Å²) in [6.45, 7) is 4.55. The molecule has 0 saturated heterocycles. The van der Waals surface area contributed by atoms with E-state index in [0.717, 1.165) is 18.2 Å². The molecule has 0 fully saturated rings. The molecule has 0 aliphatic heterocycles. The normalized spacial score (nSPS) is 11.7. The van der Waals surface area contributed by atoms with Gasteiger partial charge in [0.1, 0.15) is 0 Å². The van der Waals surface area contributed by atoms with E-state index in [1.165, 1.54) is 10.2 Å². The lowest BCUT2D eigenvalue weighted by Crippen LogP contribution is -2.09. The van der Waals surface area contributed by atoms with Crippen molar-refractivity contribution in [3.63, 3.8) is 0 Å². The molecular weight excluding hydrogens is 279 g/mol. The van der Waals surface area contributed by atoms with E-state index in [1.54, 1.807) is 6.92 Å². The van der Waals surface area contributed by atoms with Gasteiger partial charge in [-0.3, -0.25) is 4.68 Å². The Morgan fingerprint density at radius 1 is 1.14 bits per heavy atom. The molecule has 3 nitrogen and oxygen atoms in total. The number of aromatic nitrogens is 2. The maximum absolute atomic E-state index is 12.7. The van der Waals surface area contributed by atoms with Gasteiger partial charge in [0.25, 0.3) is 0 Å². The lowest BCUT2D eigenvalue weighted by Gasteiger charge is -2.08. The van der Waals surface area contributed by atoms with Gasteiger partial charge in [-0.25, -0.2) is 0 Å². The van der Waals surface area contributed by atoms with Crippen molar-refractivity contribution in [1.82, 2.24) is 9.78 Å². The van der Waals surface area contributed by atoms with Crippen LogP contribution in [-0.2, 0) is 25.7 Å². The predicted octanol–water partition coefficient (Wildman–Crippen LogP) is 4.10. The van der Waals surface area contributed by atoms with Crippen LogP contribution < -0.4 is 5.32 Å². The number of anilines is 1. The molecule has 0 atom stereocenters. The summed E-state index contributed by atoms with van der Waals surface area (Å²) < 4.78 is 39.4. The summed E-state index contributed by atoms with van der Waals surface area (Å²) in [5, 5.41) is 6.71. The van der Waals surface area contributed by atoms with Crippen LogP contribution in [0, 0.1) is 0 Å². The van der Waals surface area contributed by atoms with Crippen molar-refractivity contribution in [2.24, 2.45) is 0 Å². The SMILES string of the molecule is CCc1ccc(NCc2cc(C(F)(F)F)nn2CC)cc1. The van der Waals surface area contributed by atoms with Crippen LogP contribution in [0.2, 0.25) is 0 Å². The average Bonchev–Trinajstić information content (AvgIpc) is 2.89. The first-order valence-corrected chi connectivity index (χ1v) is 6.90. The van der Waals surface area contributed by atoms with Crippen LogP contribution in [-0.4, -0.2) is 9.78 Å². The first kappa shape index (κ1) is 15.4. The van der Waals surface area contributed by atoms with Gasteiger partial charge in [-0.1, -0.05) is 19.1 Å². The molecule has 0 bridgehead atoms. The molecule has 114 valence electrons. The first-order chi connectivity index (χ1) is 9.94. The molecule has 2 rings (SSSR count). The molecule has 0 radical (unpaired) electrons. The minimum absolute atomic E-state index is 0.308. The minimum atomic E-state index is -4.40. The molecule has 0 aliphatic carbocycles. The highest BCUT2D eigenvalue weighted by atomic mass is 19.4. The van der Waals surface area contributed by atoms with Gasteiger partial charge in [0.05, 0.1) is 12.2 Å². The third kappa shape index (κ3) is 3.77. The average molecular weight is 297 g/mol. The zero-order chi connectivity index (χ0) is 15.5. The summed E-state index contributed by atoms with van der Waals surface area (Å²) in [5.41, 5.74) is 1.77. The molecule has 0 spiro atoms. The van der Waals surface area contributed by atoms with Gasteiger partial charge in [0.2, 0.25) is 0 Å². The smallest absolute Gasteiger partial charge is 0.379 e. The van der Waals surface area contributed by atoms with Crippen LogP contribution in [0.1, 0.15) is 30.8 Å². The number of alkyl halides is 3. The van der Waals surface area contributed by atoms with Gasteiger partial charge in [-0.15, -0.1) is 0 Å². The maximum atomic E-state index is 12.7. The summed E-state index contributed by atoms with van der Waals surface area (Å²) in [6.07, 6.45) is -3.45. The van der Waals surface area contributed by atoms with Crippen molar-refractivity contribution < 1.29 is 13.2 Å². The van der Waals surface area contributed by atoms with Crippen LogP contribution in [0.15, 0.2) is 30.3 Å². The fraction of sp³-hybridized carbons (Fsp3) is 0.400. The third-order valence-electron chi connectivity index (χ3n) is 3.29. The summed E-state index contributed by atoms with van der Waals surface area (Å²) in [7, 11) is 0. The number of nitrogens with zero attached hydrogens (tertiary/aromatic N) is 2. The van der Waals surface area contributed by atoms with E-state index in [0.29, 0.717) is 18.8 Å². The Morgan fingerprint density at radius 2 is 1.81 bits per heavy atom. The number of rotatable bonds is 5. The second-order valence-electron chi connectivity index (χ2n) is 4.74. The Hall–Kier alpha value is -1.98. The largest absolute Gasteiger partial charge is 0.435 e. The monoisotopic (exact) mass is 297 g/mol. The number of aryl methyl sites for hydroxylation is 2. The summed E-state index contributed by atoms with van der Waals surface area (Å²) in [4.78, 5) is 0. The summed E-state index contributed by atoms with van der Waals surface area (Å²) in [5.74, 6) is 0. The molecule has 1 aromatic carbocycles. The maximum Gasteiger partial charge on any atom is 0.435 e. The number of hydrogen-bond acceptors (Lipinski definition) is 2. The van der Waals surface area contributed by atoms with Crippen molar-refractivity contribution >= 4 is 5.69 Å². The van der Waals surface area contributed by atoms with E-state index in [1.807, 2.05) is 24.3 Å². The lowest BCUT2D eigenvalue weighted by molar-refractivity contribution is -0.141. The number of hydrogen-bond donors (Lipinski definition) is 1. The van der Waals surface area contributed by atoms with Crippen LogP contribution in [0.5, 0.6) is 0 Å². The second kappa shape index (κ2) is 6.20. The van der Waals surface area contributed by atoms with Gasteiger partial charge in [0, 0.05) is 12.2 Å². The molecule has 1 heterocycles. The number of benzene rings is 1. The van der Waals surface area contributed by atoms with E-state index < -0.39 is 11.9 Å². The zero-order valence-corrected chi connectivity index (χ0v) is 12.0. The summed E-state index contributed by atoms with van der Waals surface area (Å²) in [6, 6.07) is 8.95. The molecule has 1 N–H and O–H groups in total. The van der Waals surface area contributed by atoms with E-state index >= 15 is 0 Å². The Balaban J connectivity index is 2.09. The third-order valence-corrected chi connectivity index (χ3v) is 3.29. The van der Waals surface area contributed by atoms with Gasteiger partial charge < -0.3 is 5.32 Å². The minimum Gasteiger partial charge on any atom is -0.379 e. The van der Waals surface area contributed by atoms with Gasteiger partial charge in [-0.05, 0) is 37.1 Å². The molecule has 0 unspecified atom stereocenters. The zero-order valence-electron chi connectivity index (χ0n) is 12.0. The van der Waals surface area contributed by atoms with E-state index in [-0.39, 0.29) is 0 Å². The predicted molar refractivity (Wildman–Crippen MR) is 76.0 cm³/mol. The van der Waals surface area contributed by atoms with Crippen molar-refractivity contribution in [3.05, 3.63) is 47.3 Å². The molecule has 1 aromatic heterocycles. The fourth-order valence-corrected chi connectivity index (χ4v) is 2.06. The van der Waals surface area contributed by atoms with E-state index in [4.69, 9.17) is 0 Å². The quantitative estimate of drug-likeness (QED) is 0.900. The molecule has 6 heteroatoms. The topological polar surface area (TPSA) is 29.9 Å². The van der Waals surface area contributed by atoms with Crippen molar-refractivity contribution in [2.75, 3.05) is 5.32 Å². The summed E-state index contributed by atoms with van der Waals surface area (Å²) >= 11 is 0. The van der Waals surface area contributed by atoms with Crippen molar-refractivity contribution in [3.8, 4) is 0 Å². The van der Waals surface area contributed by atoms with E-state index in [2.05, 4.69) is 17.3 Å². The Bertz CT molecular complexity index is 585. The highest BCUT2D eigenvalue weighted by Crippen LogP contribution is 2.28. The van der Waals surface area contributed by atoms with Crippen LogP contribution in [0.25, 0.3) is 0 Å². The Morgan fingerprint density at radius 3 is 2.33 bits per heavy atom. The number of halogens is 3. The van der Waals surface area contributed by atoms with Crippen LogP contribution >= 0.6 is 0 Å². The molecule has 2 aromatic rings. The van der Waals surface area contributed by atoms with Gasteiger partial charge in [-0.2, -0.15) is 18.3 Å². The Labute approximate surface area is 121 Å². The van der Waals surface area contributed by atoms with Gasteiger partial charge >= 0.3 is 6.18 Å². The lowest BCUT2D eigenvalue weighted by atomic mass is 10.1. The van der Waals surface area contributed by atoms with Gasteiger partial charge in [0.15, 0.2) is 5.69 Å². The van der Waals surface area contributed by atoms with E-state index in [9.17, 15) is 13.2 Å². The highest BCUT2D eigenvalue weighted by Gasteiger charge is 2.34. The standard InChI is InChI=1S/C15H18F3N3/c1-3-11-5-7-12(8-6-11)19-10-13-9-14(15(16,17)18)20-21(13)4-2/h5-9,19H,3-4,10H2,1-2H3. The van der Waals surface area contributed by atoms with Crippen LogP contribution in [0.4, 0.5) is 18.9 Å². The molecule has 0 amide bonds. The van der Waals surface area contributed by atoms with Crippen molar-refractivity contribution in [2.45, 2.75) is 39.5 Å². The number of nitrogens with one attached hydrogen (secondary N) is 1. The molecule has 0 saturated carbocycles. The van der Waals surface area contributed by atoms with Crippen molar-refractivity contribution in [1.29, 1.82) is 0 Å². The highest BCUT2D eigenvalue weighted by molar-refractivity contribution is 5.44. The van der Waals surface area contributed by atoms with Crippen LogP contribution in [0.3, 0.4) is 0 Å². The molecule has 21 heavy (non-hydrogen) atoms. The molecule has 0 aliphatic rings. The Kier molecular flexibility index (Phi) is 4.55.